The van der Waals surface area contributed by atoms with Crippen LogP contribution in [0.3, 0.4) is 0 Å². The van der Waals surface area contributed by atoms with E-state index in [2.05, 4.69) is 13.6 Å². The summed E-state index contributed by atoms with van der Waals surface area (Å²) in [5, 5.41) is 2.22. The average Bonchev–Trinajstić information content (AvgIpc) is 2.38. The Bertz CT molecular complexity index is 494. The molecule has 2 aromatic carbocycles. The fraction of sp³-hybridized carbons (Fsp3) is 0.0769. The molecule has 2 aromatic rings. The van der Waals surface area contributed by atoms with Gasteiger partial charge in [0.25, 0.3) is 5.97 Å². The van der Waals surface area contributed by atoms with Gasteiger partial charge in [-0.15, -0.1) is 23.1 Å². The first-order chi connectivity index (χ1) is 8.27. The number of esters is 1. The van der Waals surface area contributed by atoms with Gasteiger partial charge < -0.3 is 4.74 Å². The molecule has 0 bridgehead atoms. The molecule has 4 heteroatoms. The quantitative estimate of drug-likeness (QED) is 0.471. The Labute approximate surface area is 117 Å². The summed E-state index contributed by atoms with van der Waals surface area (Å²) in [6.07, 6.45) is 0. The van der Waals surface area contributed by atoms with Gasteiger partial charge in [0, 0.05) is 6.92 Å². The van der Waals surface area contributed by atoms with Gasteiger partial charge in [-0.2, -0.15) is 6.07 Å². The maximum absolute atomic E-state index is 10.7. The third-order valence-corrected chi connectivity index (χ3v) is 2.18. The number of hydrogen-bond acceptors (Lipinski definition) is 2. The molecule has 0 heterocycles. The molecule has 0 aliphatic rings. The van der Waals surface area contributed by atoms with E-state index in [4.69, 9.17) is 4.74 Å². The van der Waals surface area contributed by atoms with Gasteiger partial charge in [0.2, 0.25) is 0 Å². The van der Waals surface area contributed by atoms with Crippen LogP contribution in [-0.2, 0) is 25.9 Å². The van der Waals surface area contributed by atoms with Crippen LogP contribution >= 0.6 is 13.6 Å². The molecule has 0 aliphatic carbocycles. The van der Waals surface area contributed by atoms with Crippen molar-refractivity contribution >= 4 is 30.4 Å². The number of benzene rings is 2. The molecular formula is C13H11BrO2Zn. The molecule has 0 atom stereocenters. The zero-order chi connectivity index (χ0) is 12.7. The first-order valence-electron chi connectivity index (χ1n) is 5.02. The van der Waals surface area contributed by atoms with E-state index in [9.17, 15) is 4.79 Å². The minimum absolute atomic E-state index is 0.303. The molecule has 0 unspecified atom stereocenters. The van der Waals surface area contributed by atoms with Crippen LogP contribution in [0.1, 0.15) is 12.5 Å². The third kappa shape index (κ3) is 4.14. The summed E-state index contributed by atoms with van der Waals surface area (Å²) in [7, 11) is 0. The first-order valence-corrected chi connectivity index (χ1v) is 12.0. The number of carbonyl (C=O) groups is 1. The SMILES string of the molecule is CC(=O)O[CH-]c1cccc2ccccc12.[Zn+][Br]. The van der Waals surface area contributed by atoms with Gasteiger partial charge in [0.1, 0.15) is 0 Å². The van der Waals surface area contributed by atoms with E-state index < -0.39 is 0 Å². The molecule has 0 amide bonds. The summed E-state index contributed by atoms with van der Waals surface area (Å²) in [4.78, 5) is 10.7. The zero-order valence-corrected chi connectivity index (χ0v) is 14.1. The Hall–Kier alpha value is -0.857. The molecule has 0 aromatic heterocycles. The Morgan fingerprint density at radius 2 is 1.82 bits per heavy atom. The Morgan fingerprint density at radius 1 is 1.18 bits per heavy atom. The Morgan fingerprint density at radius 3 is 2.53 bits per heavy atom. The summed E-state index contributed by atoms with van der Waals surface area (Å²) < 4.78 is 4.87. The van der Waals surface area contributed by atoms with Crippen LogP contribution in [0, 0.1) is 6.61 Å². The van der Waals surface area contributed by atoms with E-state index in [-0.39, 0.29) is 5.97 Å². The molecule has 84 valence electrons. The van der Waals surface area contributed by atoms with Gasteiger partial charge in [-0.05, 0) is 6.61 Å². The second-order valence-corrected chi connectivity index (χ2v) is 3.30. The van der Waals surface area contributed by atoms with Crippen molar-refractivity contribution in [2.75, 3.05) is 0 Å². The van der Waals surface area contributed by atoms with Crippen LogP contribution < -0.4 is 0 Å². The van der Waals surface area contributed by atoms with Crippen LogP contribution in [-0.4, -0.2) is 5.97 Å². The second kappa shape index (κ2) is 7.47. The molecule has 0 saturated heterocycles. The van der Waals surface area contributed by atoms with Crippen molar-refractivity contribution in [2.45, 2.75) is 6.92 Å². The fourth-order valence-electron chi connectivity index (χ4n) is 1.50. The van der Waals surface area contributed by atoms with Crippen LogP contribution in [0.15, 0.2) is 42.5 Å². The summed E-state index contributed by atoms with van der Waals surface area (Å²) >= 11 is 4.25. The molecular weight excluding hydrogens is 333 g/mol. The van der Waals surface area contributed by atoms with Gasteiger partial charge in [-0.25, -0.2) is 0 Å². The van der Waals surface area contributed by atoms with Gasteiger partial charge in [-0.1, -0.05) is 29.7 Å². The standard InChI is InChI=1S/C13H11O2.BrH.Zn/c1-10(14)15-9-12-7-4-6-11-5-2-3-8-13(11)12;;/h2-9H,1H3;1H;/q-1;;+2/p-1. The van der Waals surface area contributed by atoms with E-state index >= 15 is 0 Å². The number of rotatable bonds is 2. The normalized spacial score (nSPS) is 9.18. The molecule has 2 rings (SSSR count). The maximum atomic E-state index is 10.7. The van der Waals surface area contributed by atoms with Crippen LogP contribution in [0.5, 0.6) is 0 Å². The van der Waals surface area contributed by atoms with Crippen LogP contribution in [0.25, 0.3) is 10.8 Å². The topological polar surface area (TPSA) is 26.3 Å². The molecule has 0 saturated carbocycles. The summed E-state index contributed by atoms with van der Waals surface area (Å²) in [5.41, 5.74) is 0.920. The number of ether oxygens (including phenoxy) is 1. The van der Waals surface area contributed by atoms with E-state index in [0.717, 1.165) is 16.3 Å². The predicted octanol–water partition coefficient (Wildman–Crippen LogP) is 3.76. The van der Waals surface area contributed by atoms with Gasteiger partial charge in [-0.3, -0.25) is 4.79 Å². The van der Waals surface area contributed by atoms with Gasteiger partial charge in [0.15, 0.2) is 0 Å². The van der Waals surface area contributed by atoms with E-state index in [1.807, 2.05) is 42.5 Å². The molecule has 0 aliphatic heterocycles. The number of carbonyl (C=O) groups excluding carboxylic acids is 1. The summed E-state index contributed by atoms with van der Waals surface area (Å²) in [6.45, 7) is 2.88. The second-order valence-electron chi connectivity index (χ2n) is 3.30. The van der Waals surface area contributed by atoms with E-state index in [1.165, 1.54) is 29.9 Å². The summed E-state index contributed by atoms with van der Waals surface area (Å²) in [6, 6.07) is 13.9. The number of fused-ring (bicyclic) bond motifs is 1. The summed E-state index contributed by atoms with van der Waals surface area (Å²) in [5.74, 6) is -0.303. The van der Waals surface area contributed by atoms with Crippen molar-refractivity contribution in [1.82, 2.24) is 0 Å². The van der Waals surface area contributed by atoms with Crippen LogP contribution in [0.2, 0.25) is 0 Å². The number of hydrogen-bond donors (Lipinski definition) is 0. The third-order valence-electron chi connectivity index (χ3n) is 2.18. The van der Waals surface area contributed by atoms with Crippen molar-refractivity contribution in [3.05, 3.63) is 54.6 Å². The van der Waals surface area contributed by atoms with Crippen molar-refractivity contribution in [3.8, 4) is 0 Å². The molecule has 0 fully saturated rings. The van der Waals surface area contributed by atoms with E-state index in [0.29, 0.717) is 0 Å². The molecule has 17 heavy (non-hydrogen) atoms. The van der Waals surface area contributed by atoms with Crippen molar-refractivity contribution in [1.29, 1.82) is 0 Å². The monoisotopic (exact) mass is 342 g/mol. The van der Waals surface area contributed by atoms with Crippen molar-refractivity contribution in [2.24, 2.45) is 0 Å². The van der Waals surface area contributed by atoms with Gasteiger partial charge >= 0.3 is 30.0 Å². The minimum atomic E-state index is -0.303. The first kappa shape index (κ1) is 14.2. The Balaban J connectivity index is 0.000000686. The van der Waals surface area contributed by atoms with Crippen molar-refractivity contribution < 1.29 is 25.9 Å². The average molecular weight is 345 g/mol. The molecule has 0 spiro atoms. The predicted molar refractivity (Wildman–Crippen MR) is 68.0 cm³/mol. The number of halogens is 1. The zero-order valence-electron chi connectivity index (χ0n) is 9.52. The molecule has 0 N–H and O–H groups in total. The van der Waals surface area contributed by atoms with Gasteiger partial charge in [0.05, 0.1) is 0 Å². The van der Waals surface area contributed by atoms with Crippen molar-refractivity contribution in [3.63, 3.8) is 0 Å². The fourth-order valence-corrected chi connectivity index (χ4v) is 1.50. The molecule has 0 radical (unpaired) electrons. The Kier molecular flexibility index (Phi) is 6.24. The van der Waals surface area contributed by atoms with Crippen LogP contribution in [0.4, 0.5) is 0 Å². The van der Waals surface area contributed by atoms with E-state index in [1.54, 1.807) is 0 Å². The molecule has 2 nitrogen and oxygen atoms in total.